The molecule has 0 bridgehead atoms. The van der Waals surface area contributed by atoms with Crippen molar-refractivity contribution >= 4 is 32.0 Å². The molecule has 1 saturated heterocycles. The van der Waals surface area contributed by atoms with Crippen LogP contribution in [0.15, 0.2) is 29.2 Å². The van der Waals surface area contributed by atoms with E-state index < -0.39 is 39.0 Å². The van der Waals surface area contributed by atoms with Gasteiger partial charge >= 0.3 is 13.9 Å². The monoisotopic (exact) mass is 513 g/mol. The maximum absolute atomic E-state index is 13.1. The maximum atomic E-state index is 13.1. The molecule has 3 atom stereocenters. The van der Waals surface area contributed by atoms with Gasteiger partial charge in [0.25, 0.3) is 0 Å². The van der Waals surface area contributed by atoms with Gasteiger partial charge in [-0.05, 0) is 24.6 Å². The third-order valence-electron chi connectivity index (χ3n) is 4.05. The quantitative estimate of drug-likeness (QED) is 0.276. The van der Waals surface area contributed by atoms with Crippen LogP contribution in [0.2, 0.25) is 5.02 Å². The molecule has 178 valence electrons. The van der Waals surface area contributed by atoms with E-state index in [0.717, 1.165) is 16.3 Å². The Balaban J connectivity index is 0.000000211. The number of benzene rings is 1. The van der Waals surface area contributed by atoms with E-state index in [-0.39, 0.29) is 11.2 Å². The number of aromatic nitrogens is 2. The number of fused-ring (bicyclic) bond motifs is 1. The molecular formula is C18H24ClFN2O8PS+. The van der Waals surface area contributed by atoms with Gasteiger partial charge in [-0.2, -0.15) is 4.89 Å². The third kappa shape index (κ3) is 7.01. The van der Waals surface area contributed by atoms with Gasteiger partial charge in [-0.3, -0.25) is 14.1 Å². The molecule has 4 rings (SSSR count). The van der Waals surface area contributed by atoms with Crippen molar-refractivity contribution < 1.29 is 37.8 Å². The number of aliphatic hydroxyl groups is 2. The number of aromatic amines is 1. The summed E-state index contributed by atoms with van der Waals surface area (Å²) in [4.78, 5) is 23.2. The predicted octanol–water partition coefficient (Wildman–Crippen LogP) is 3.58. The molecule has 2 aliphatic rings. The molecule has 0 spiro atoms. The fourth-order valence-corrected chi connectivity index (χ4v) is 4.06. The summed E-state index contributed by atoms with van der Waals surface area (Å²) in [5.41, 5.74) is 0.189. The Labute approximate surface area is 193 Å². The fraction of sp³-hybridized carbons (Fsp3) is 0.444. The first kappa shape index (κ1) is 26.8. The van der Waals surface area contributed by atoms with Gasteiger partial charge in [-0.25, -0.2) is 9.18 Å². The lowest BCUT2D eigenvalue weighted by Gasteiger charge is -2.20. The summed E-state index contributed by atoms with van der Waals surface area (Å²) in [7, 11) is -3.40. The molecule has 10 nitrogen and oxygen atoms in total. The molecule has 0 radical (unpaired) electrons. The second kappa shape index (κ2) is 12.1. The summed E-state index contributed by atoms with van der Waals surface area (Å²) >= 11 is 10.3. The Bertz CT molecular complexity index is 1030. The van der Waals surface area contributed by atoms with E-state index in [4.69, 9.17) is 35.6 Å². The zero-order chi connectivity index (χ0) is 23.9. The van der Waals surface area contributed by atoms with Crippen LogP contribution in [-0.4, -0.2) is 37.7 Å². The van der Waals surface area contributed by atoms with E-state index in [9.17, 15) is 14.1 Å². The summed E-state index contributed by atoms with van der Waals surface area (Å²) in [6.07, 6.45) is 0.352. The Hall–Kier alpha value is -1.47. The molecule has 0 amide bonds. The first-order valence-electron chi connectivity index (χ1n) is 9.55. The summed E-state index contributed by atoms with van der Waals surface area (Å²) in [5.74, 6) is -0.232. The van der Waals surface area contributed by atoms with Gasteiger partial charge in [0.1, 0.15) is 17.5 Å². The number of hydrogen-bond donors (Lipinski definition) is 4. The van der Waals surface area contributed by atoms with Crippen LogP contribution in [0.4, 0.5) is 4.39 Å². The molecule has 1 aromatic carbocycles. The first-order valence-corrected chi connectivity index (χ1v) is 11.8. The summed E-state index contributed by atoms with van der Waals surface area (Å²) < 4.78 is 33.7. The number of ether oxygens (including phenoxy) is 1. The first-order chi connectivity index (χ1) is 15.2. The summed E-state index contributed by atoms with van der Waals surface area (Å²) in [6.45, 7) is 3.48. The molecule has 2 aromatic rings. The second-order valence-electron chi connectivity index (χ2n) is 6.11. The second-order valence-corrected chi connectivity index (χ2v) is 8.59. The van der Waals surface area contributed by atoms with Crippen LogP contribution in [0.1, 0.15) is 38.5 Å². The molecule has 1 aromatic heterocycles. The van der Waals surface area contributed by atoms with E-state index >= 15 is 0 Å². The third-order valence-corrected chi connectivity index (χ3v) is 5.91. The van der Waals surface area contributed by atoms with Crippen LogP contribution in [-0.2, 0) is 20.4 Å². The maximum Gasteiger partial charge on any atom is 0.621 e. The fourth-order valence-electron chi connectivity index (χ4n) is 2.67. The van der Waals surface area contributed by atoms with Crippen molar-refractivity contribution in [3.63, 3.8) is 0 Å². The van der Waals surface area contributed by atoms with Crippen molar-refractivity contribution in [3.05, 3.63) is 55.9 Å². The molecule has 32 heavy (non-hydrogen) atoms. The Morgan fingerprint density at radius 1 is 1.41 bits per heavy atom. The SMILES string of the molecule is CC.O=c1[nH]c(=S)c(F)cn1C1CC[C@@H](O)O1.OCO[P+]1(O)OCc2cc(Cl)ccc2O1. The van der Waals surface area contributed by atoms with Crippen molar-refractivity contribution in [1.82, 2.24) is 9.55 Å². The minimum atomic E-state index is -3.40. The number of nitrogens with zero attached hydrogens (tertiary/aromatic N) is 1. The van der Waals surface area contributed by atoms with Gasteiger partial charge in [0.2, 0.25) is 0 Å². The van der Waals surface area contributed by atoms with Gasteiger partial charge < -0.3 is 14.9 Å². The lowest BCUT2D eigenvalue weighted by molar-refractivity contribution is -0.114. The van der Waals surface area contributed by atoms with E-state index in [0.29, 0.717) is 23.6 Å². The average molecular weight is 514 g/mol. The van der Waals surface area contributed by atoms with E-state index in [2.05, 4.69) is 21.7 Å². The lowest BCUT2D eigenvalue weighted by Crippen LogP contribution is -2.27. The van der Waals surface area contributed by atoms with Gasteiger partial charge in [0.15, 0.2) is 24.6 Å². The zero-order valence-corrected chi connectivity index (χ0v) is 19.7. The minimum absolute atomic E-state index is 0.139. The number of H-pyrrole nitrogens is 1. The predicted molar refractivity (Wildman–Crippen MR) is 117 cm³/mol. The molecule has 2 unspecified atom stereocenters. The van der Waals surface area contributed by atoms with Crippen LogP contribution < -0.4 is 10.2 Å². The Kier molecular flexibility index (Phi) is 10.1. The van der Waals surface area contributed by atoms with Crippen LogP contribution >= 0.6 is 32.0 Å². The van der Waals surface area contributed by atoms with Crippen molar-refractivity contribution in [2.45, 2.75) is 45.8 Å². The minimum Gasteiger partial charge on any atom is -0.368 e. The zero-order valence-electron chi connectivity index (χ0n) is 17.2. The highest BCUT2D eigenvalue weighted by Gasteiger charge is 2.50. The number of nitrogens with one attached hydrogen (secondary N) is 1. The topological polar surface area (TPSA) is 135 Å². The Morgan fingerprint density at radius 3 is 2.75 bits per heavy atom. The number of aliphatic hydroxyl groups excluding tert-OH is 2. The number of hydrogen-bond acceptors (Lipinski definition) is 9. The van der Waals surface area contributed by atoms with E-state index in [1.165, 1.54) is 0 Å². The molecule has 1 fully saturated rings. The smallest absolute Gasteiger partial charge is 0.368 e. The highest BCUT2D eigenvalue weighted by Crippen LogP contribution is 2.61. The highest BCUT2D eigenvalue weighted by molar-refractivity contribution is 7.71. The normalized spacial score (nSPS) is 23.7. The van der Waals surface area contributed by atoms with E-state index in [1.807, 2.05) is 13.8 Å². The number of rotatable bonds is 3. The molecular weight excluding hydrogens is 490 g/mol. The summed E-state index contributed by atoms with van der Waals surface area (Å²) in [6, 6.07) is 4.93. The molecule has 0 aliphatic carbocycles. The van der Waals surface area contributed by atoms with Crippen LogP contribution in [0, 0.1) is 10.5 Å². The standard InChI is InChI=1S/C8H9ClO5P.C8H9FN2O3S.C2H6/c9-7-1-2-8-6(3-7)4-12-15(11,14-8)13-5-10;9-4-3-11(8(13)10-7(4)15)5-1-2-6(12)14-5;1-2/h1-3,10-11H,4-5H2;3,5-6,12H,1-2H2,(H,10,13,15);1-2H3/q+1;;/t;5?,6-;/m.0./s1. The lowest BCUT2D eigenvalue weighted by atomic mass is 10.2. The van der Waals surface area contributed by atoms with Crippen molar-refractivity contribution in [3.8, 4) is 5.75 Å². The van der Waals surface area contributed by atoms with Crippen LogP contribution in [0.25, 0.3) is 0 Å². The Morgan fingerprint density at radius 2 is 2.12 bits per heavy atom. The number of halogens is 2. The van der Waals surface area contributed by atoms with Gasteiger partial charge in [-0.1, -0.05) is 37.7 Å². The highest BCUT2D eigenvalue weighted by atomic mass is 35.5. The molecule has 14 heteroatoms. The van der Waals surface area contributed by atoms with Crippen LogP contribution in [0.3, 0.4) is 0 Å². The van der Waals surface area contributed by atoms with Gasteiger partial charge in [0.05, 0.1) is 6.20 Å². The van der Waals surface area contributed by atoms with Crippen molar-refractivity contribution in [2.24, 2.45) is 0 Å². The largest absolute Gasteiger partial charge is 0.621 e. The molecule has 0 saturated carbocycles. The molecule has 3 heterocycles. The average Bonchev–Trinajstić information content (AvgIpc) is 3.19. The molecule has 4 N–H and O–H groups in total. The summed E-state index contributed by atoms with van der Waals surface area (Å²) in [5, 5.41) is 18.2. The van der Waals surface area contributed by atoms with E-state index in [1.54, 1.807) is 18.2 Å². The van der Waals surface area contributed by atoms with Crippen molar-refractivity contribution in [1.29, 1.82) is 0 Å². The molecule has 2 aliphatic heterocycles. The van der Waals surface area contributed by atoms with Crippen molar-refractivity contribution in [2.75, 3.05) is 6.79 Å². The van der Waals surface area contributed by atoms with Gasteiger partial charge in [0, 0.05) is 17.0 Å². The van der Waals surface area contributed by atoms with Gasteiger partial charge in [-0.15, -0.1) is 9.05 Å². The van der Waals surface area contributed by atoms with Crippen LogP contribution in [0.5, 0.6) is 5.75 Å².